The number of hydrogen-bond acceptors (Lipinski definition) is 5. The van der Waals surface area contributed by atoms with E-state index in [2.05, 4.69) is 19.8 Å². The molecule has 1 aliphatic heterocycles. The molecule has 0 aliphatic carbocycles. The molecule has 0 radical (unpaired) electrons. The molecule has 1 unspecified atom stereocenters. The molecule has 0 aromatic carbocycles. The van der Waals surface area contributed by atoms with Gasteiger partial charge in [-0.15, -0.1) is 0 Å². The van der Waals surface area contributed by atoms with E-state index >= 15 is 0 Å². The Bertz CT molecular complexity index is 539. The standard InChI is InChI=1S/C11H21N5O2S/c1-8-10(6-12)11(15-14-8)19(17,18)13-7-9-4-3-5-16(9)2/h9,13H,3-7,12H2,1-2H3,(H,14,15). The average molecular weight is 287 g/mol. The number of aromatic amines is 1. The Balaban J connectivity index is 2.09. The van der Waals surface area contributed by atoms with Crippen molar-refractivity contribution in [3.63, 3.8) is 0 Å². The van der Waals surface area contributed by atoms with Crippen LogP contribution in [-0.2, 0) is 16.6 Å². The first-order valence-electron chi connectivity index (χ1n) is 6.39. The molecule has 108 valence electrons. The van der Waals surface area contributed by atoms with E-state index < -0.39 is 10.0 Å². The maximum Gasteiger partial charge on any atom is 0.260 e. The van der Waals surface area contributed by atoms with Gasteiger partial charge in [0, 0.05) is 30.4 Å². The highest BCUT2D eigenvalue weighted by Gasteiger charge is 2.26. The van der Waals surface area contributed by atoms with E-state index in [-0.39, 0.29) is 17.6 Å². The zero-order valence-corrected chi connectivity index (χ0v) is 12.1. The van der Waals surface area contributed by atoms with E-state index in [1.807, 2.05) is 7.05 Å². The number of likely N-dealkylation sites (tertiary alicyclic amines) is 1. The van der Waals surface area contributed by atoms with Crippen LogP contribution in [0.2, 0.25) is 0 Å². The molecule has 0 spiro atoms. The maximum absolute atomic E-state index is 12.2. The van der Waals surface area contributed by atoms with Crippen molar-refractivity contribution in [3.8, 4) is 0 Å². The summed E-state index contributed by atoms with van der Waals surface area (Å²) in [5.74, 6) is 0. The van der Waals surface area contributed by atoms with E-state index in [4.69, 9.17) is 5.73 Å². The fraction of sp³-hybridized carbons (Fsp3) is 0.727. The van der Waals surface area contributed by atoms with Crippen LogP contribution in [0.3, 0.4) is 0 Å². The summed E-state index contributed by atoms with van der Waals surface area (Å²) in [6, 6.07) is 0.260. The van der Waals surface area contributed by atoms with Gasteiger partial charge in [0.1, 0.15) is 0 Å². The van der Waals surface area contributed by atoms with Crippen LogP contribution in [0.1, 0.15) is 24.1 Å². The Kier molecular flexibility index (Phi) is 4.24. The second-order valence-corrected chi connectivity index (χ2v) is 6.65. The average Bonchev–Trinajstić information content (AvgIpc) is 2.93. The molecule has 0 amide bonds. The summed E-state index contributed by atoms with van der Waals surface area (Å²) < 4.78 is 27.1. The Morgan fingerprint density at radius 1 is 1.58 bits per heavy atom. The van der Waals surface area contributed by atoms with Crippen molar-refractivity contribution in [2.24, 2.45) is 5.73 Å². The molecule has 2 rings (SSSR count). The first kappa shape index (κ1) is 14.4. The Morgan fingerprint density at radius 3 is 2.89 bits per heavy atom. The van der Waals surface area contributed by atoms with Crippen molar-refractivity contribution in [2.45, 2.75) is 37.4 Å². The molecule has 0 saturated carbocycles. The lowest BCUT2D eigenvalue weighted by molar-refractivity contribution is 0.310. The summed E-state index contributed by atoms with van der Waals surface area (Å²) in [6.07, 6.45) is 2.13. The van der Waals surface area contributed by atoms with Gasteiger partial charge >= 0.3 is 0 Å². The molecule has 1 fully saturated rings. The number of aromatic nitrogens is 2. The lowest BCUT2D eigenvalue weighted by Gasteiger charge is -2.19. The highest BCUT2D eigenvalue weighted by molar-refractivity contribution is 7.89. The highest BCUT2D eigenvalue weighted by atomic mass is 32.2. The number of aryl methyl sites for hydroxylation is 1. The van der Waals surface area contributed by atoms with Crippen molar-refractivity contribution in [3.05, 3.63) is 11.3 Å². The highest BCUT2D eigenvalue weighted by Crippen LogP contribution is 2.17. The summed E-state index contributed by atoms with van der Waals surface area (Å²) in [4.78, 5) is 2.17. The third kappa shape index (κ3) is 2.97. The van der Waals surface area contributed by atoms with E-state index in [9.17, 15) is 8.42 Å². The van der Waals surface area contributed by atoms with E-state index in [0.29, 0.717) is 17.8 Å². The minimum atomic E-state index is -3.59. The number of hydrogen-bond donors (Lipinski definition) is 3. The summed E-state index contributed by atoms with van der Waals surface area (Å²) in [5, 5.41) is 6.55. The number of H-pyrrole nitrogens is 1. The van der Waals surface area contributed by atoms with E-state index in [1.54, 1.807) is 6.92 Å². The molecule has 2 heterocycles. The molecule has 1 aliphatic rings. The van der Waals surface area contributed by atoms with Gasteiger partial charge in [-0.2, -0.15) is 5.10 Å². The molecular formula is C11H21N5O2S. The predicted octanol–water partition coefficient (Wildman–Crippen LogP) is -0.451. The van der Waals surface area contributed by atoms with Crippen LogP contribution >= 0.6 is 0 Å². The number of rotatable bonds is 5. The predicted molar refractivity (Wildman–Crippen MR) is 72.1 cm³/mol. The smallest absolute Gasteiger partial charge is 0.260 e. The minimum Gasteiger partial charge on any atom is -0.326 e. The molecule has 1 aromatic heterocycles. The maximum atomic E-state index is 12.2. The number of nitrogens with two attached hydrogens (primary N) is 1. The number of nitrogens with zero attached hydrogens (tertiary/aromatic N) is 2. The second-order valence-electron chi connectivity index (χ2n) is 4.96. The number of nitrogens with one attached hydrogen (secondary N) is 2. The SMILES string of the molecule is Cc1[nH]nc(S(=O)(=O)NCC2CCCN2C)c1CN. The summed E-state index contributed by atoms with van der Waals surface area (Å²) >= 11 is 0. The summed E-state index contributed by atoms with van der Waals surface area (Å²) in [6.45, 7) is 3.34. The largest absolute Gasteiger partial charge is 0.326 e. The van der Waals surface area contributed by atoms with E-state index in [0.717, 1.165) is 19.4 Å². The van der Waals surface area contributed by atoms with E-state index in [1.165, 1.54) is 0 Å². The molecule has 1 atom stereocenters. The van der Waals surface area contributed by atoms with Gasteiger partial charge < -0.3 is 10.6 Å². The van der Waals surface area contributed by atoms with Crippen LogP contribution in [0.4, 0.5) is 0 Å². The monoisotopic (exact) mass is 287 g/mol. The molecule has 8 heteroatoms. The second kappa shape index (κ2) is 5.58. The first-order valence-corrected chi connectivity index (χ1v) is 7.88. The number of likely N-dealkylation sites (N-methyl/N-ethyl adjacent to an activating group) is 1. The molecular weight excluding hydrogens is 266 g/mol. The lowest BCUT2D eigenvalue weighted by Crippen LogP contribution is -2.38. The van der Waals surface area contributed by atoms with Crippen molar-refractivity contribution < 1.29 is 8.42 Å². The van der Waals surface area contributed by atoms with Crippen LogP contribution in [0.5, 0.6) is 0 Å². The van der Waals surface area contributed by atoms with Gasteiger partial charge in [0.05, 0.1) is 0 Å². The summed E-state index contributed by atoms with van der Waals surface area (Å²) in [5.41, 5.74) is 6.82. The van der Waals surface area contributed by atoms with Crippen LogP contribution in [0.25, 0.3) is 0 Å². The van der Waals surface area contributed by atoms with Crippen LogP contribution in [0, 0.1) is 6.92 Å². The number of sulfonamides is 1. The van der Waals surface area contributed by atoms with Gasteiger partial charge in [-0.3, -0.25) is 5.10 Å². The zero-order chi connectivity index (χ0) is 14.0. The Morgan fingerprint density at radius 2 is 2.32 bits per heavy atom. The molecule has 1 saturated heterocycles. The van der Waals surface area contributed by atoms with Gasteiger partial charge in [-0.25, -0.2) is 13.1 Å². The Labute approximate surface area is 113 Å². The van der Waals surface area contributed by atoms with Crippen molar-refractivity contribution >= 4 is 10.0 Å². The molecule has 19 heavy (non-hydrogen) atoms. The van der Waals surface area contributed by atoms with Crippen LogP contribution in [-0.4, -0.2) is 49.7 Å². The van der Waals surface area contributed by atoms with Crippen LogP contribution in [0.15, 0.2) is 5.03 Å². The molecule has 7 nitrogen and oxygen atoms in total. The summed E-state index contributed by atoms with van der Waals surface area (Å²) in [7, 11) is -1.58. The fourth-order valence-corrected chi connectivity index (χ4v) is 3.68. The van der Waals surface area contributed by atoms with Crippen molar-refractivity contribution in [1.29, 1.82) is 0 Å². The fourth-order valence-electron chi connectivity index (χ4n) is 2.40. The first-order chi connectivity index (χ1) is 8.95. The van der Waals surface area contributed by atoms with Gasteiger partial charge in [-0.05, 0) is 33.4 Å². The van der Waals surface area contributed by atoms with Crippen molar-refractivity contribution in [1.82, 2.24) is 19.8 Å². The molecule has 0 bridgehead atoms. The molecule has 4 N–H and O–H groups in total. The topological polar surface area (TPSA) is 104 Å². The van der Waals surface area contributed by atoms with Gasteiger partial charge in [0.25, 0.3) is 10.0 Å². The van der Waals surface area contributed by atoms with Gasteiger partial charge in [-0.1, -0.05) is 0 Å². The third-order valence-corrected chi connectivity index (χ3v) is 5.07. The lowest BCUT2D eigenvalue weighted by atomic mass is 10.2. The van der Waals surface area contributed by atoms with Crippen LogP contribution < -0.4 is 10.5 Å². The third-order valence-electron chi connectivity index (χ3n) is 3.68. The molecule has 1 aromatic rings. The van der Waals surface area contributed by atoms with Gasteiger partial charge in [0.15, 0.2) is 5.03 Å². The quantitative estimate of drug-likeness (QED) is 0.680. The van der Waals surface area contributed by atoms with Gasteiger partial charge in [0.2, 0.25) is 0 Å². The zero-order valence-electron chi connectivity index (χ0n) is 11.3. The Hall–Kier alpha value is -0.960. The van der Waals surface area contributed by atoms with Crippen molar-refractivity contribution in [2.75, 3.05) is 20.1 Å². The minimum absolute atomic E-state index is 0.0214. The normalized spacial score (nSPS) is 21.1.